The molecule has 1 aromatic carbocycles. The van der Waals surface area contributed by atoms with Gasteiger partial charge in [0.1, 0.15) is 10.2 Å². The Bertz CT molecular complexity index is 440. The molecule has 0 saturated heterocycles. The van der Waals surface area contributed by atoms with E-state index in [-0.39, 0.29) is 12.3 Å². The maximum atomic E-state index is 6.04. The summed E-state index contributed by atoms with van der Waals surface area (Å²) in [6.45, 7) is 4.20. The zero-order valence-electron chi connectivity index (χ0n) is 10.2. The van der Waals surface area contributed by atoms with Crippen molar-refractivity contribution < 1.29 is 14.2 Å². The van der Waals surface area contributed by atoms with Gasteiger partial charge < -0.3 is 19.9 Å². The molecule has 1 heterocycles. The minimum absolute atomic E-state index is 0.243. The lowest BCUT2D eigenvalue weighted by atomic mass is 9.95. The number of benzene rings is 1. The molecule has 4 nitrogen and oxygen atoms in total. The van der Waals surface area contributed by atoms with Gasteiger partial charge in [-0.3, -0.25) is 0 Å². The van der Waals surface area contributed by atoms with E-state index in [1.54, 1.807) is 7.11 Å². The summed E-state index contributed by atoms with van der Waals surface area (Å²) in [6, 6.07) is 1.93. The third kappa shape index (κ3) is 2.50. The quantitative estimate of drug-likeness (QED) is 0.932. The highest BCUT2D eigenvalue weighted by Crippen LogP contribution is 2.47. The summed E-state index contributed by atoms with van der Waals surface area (Å²) in [7, 11) is 1.63. The molecule has 2 rings (SSSR count). The first-order valence-corrected chi connectivity index (χ1v) is 6.15. The first kappa shape index (κ1) is 12.5. The van der Waals surface area contributed by atoms with Crippen LogP contribution in [0.15, 0.2) is 10.5 Å². The van der Waals surface area contributed by atoms with Gasteiger partial charge in [0.15, 0.2) is 11.5 Å². The predicted molar refractivity (Wildman–Crippen MR) is 68.8 cm³/mol. The molecule has 1 aromatic rings. The molecule has 0 bridgehead atoms. The molecule has 5 heteroatoms. The zero-order valence-corrected chi connectivity index (χ0v) is 11.8. The van der Waals surface area contributed by atoms with E-state index in [4.69, 9.17) is 19.9 Å². The molecule has 0 radical (unpaired) electrons. The lowest BCUT2D eigenvalue weighted by molar-refractivity contribution is 0.173. The summed E-state index contributed by atoms with van der Waals surface area (Å²) < 4.78 is 17.0. The van der Waals surface area contributed by atoms with Crippen LogP contribution in [0.25, 0.3) is 0 Å². The normalized spacial score (nSPS) is 13.9. The highest BCUT2D eigenvalue weighted by Gasteiger charge is 2.25. The zero-order chi connectivity index (χ0) is 12.6. The minimum atomic E-state index is -0.305. The van der Waals surface area contributed by atoms with E-state index in [0.717, 1.165) is 21.5 Å². The van der Waals surface area contributed by atoms with Crippen molar-refractivity contribution >= 4 is 15.9 Å². The average Bonchev–Trinajstić information content (AvgIpc) is 2.64. The van der Waals surface area contributed by atoms with Crippen LogP contribution < -0.4 is 19.9 Å². The van der Waals surface area contributed by atoms with Gasteiger partial charge in [0, 0.05) is 11.1 Å². The first-order valence-electron chi connectivity index (χ1n) is 5.36. The van der Waals surface area contributed by atoms with Crippen molar-refractivity contribution in [3.63, 3.8) is 0 Å². The lowest BCUT2D eigenvalue weighted by Gasteiger charge is -2.21. The second kappa shape index (κ2) is 4.38. The van der Waals surface area contributed by atoms with E-state index in [2.05, 4.69) is 15.9 Å². The first-order chi connectivity index (χ1) is 7.92. The van der Waals surface area contributed by atoms with Gasteiger partial charge >= 0.3 is 0 Å². The Hall–Kier alpha value is -0.940. The Morgan fingerprint density at radius 1 is 1.47 bits per heavy atom. The predicted octanol–water partition coefficient (Wildman–Crippen LogP) is 2.47. The molecule has 1 aliphatic rings. The van der Waals surface area contributed by atoms with Gasteiger partial charge in [-0.05, 0) is 42.3 Å². The molecule has 0 saturated carbocycles. The Morgan fingerprint density at radius 3 is 2.76 bits per heavy atom. The largest absolute Gasteiger partial charge is 0.495 e. The van der Waals surface area contributed by atoms with E-state index in [1.807, 2.05) is 19.9 Å². The molecule has 0 aromatic heterocycles. The number of rotatable bonds is 3. The van der Waals surface area contributed by atoms with Gasteiger partial charge in [-0.15, -0.1) is 0 Å². The summed E-state index contributed by atoms with van der Waals surface area (Å²) in [5, 5.41) is 0. The van der Waals surface area contributed by atoms with Crippen LogP contribution in [0.4, 0.5) is 0 Å². The molecule has 0 fully saturated rings. The highest BCUT2D eigenvalue weighted by molar-refractivity contribution is 9.10. The lowest BCUT2D eigenvalue weighted by Crippen LogP contribution is -2.34. The van der Waals surface area contributed by atoms with Gasteiger partial charge in [-0.1, -0.05) is 0 Å². The monoisotopic (exact) mass is 301 g/mol. The molecule has 0 amide bonds. The smallest absolute Gasteiger partial charge is 0.231 e. The third-order valence-corrected chi connectivity index (χ3v) is 3.21. The fraction of sp³-hybridized carbons (Fsp3) is 0.500. The summed E-state index contributed by atoms with van der Waals surface area (Å²) in [5.41, 5.74) is 6.75. The topological polar surface area (TPSA) is 53.7 Å². The van der Waals surface area contributed by atoms with Crippen LogP contribution in [0.3, 0.4) is 0 Å². The summed E-state index contributed by atoms with van der Waals surface area (Å²) in [4.78, 5) is 0. The van der Waals surface area contributed by atoms with E-state index >= 15 is 0 Å². The van der Waals surface area contributed by atoms with Crippen molar-refractivity contribution in [3.8, 4) is 17.2 Å². The van der Waals surface area contributed by atoms with Crippen LogP contribution in [0.5, 0.6) is 17.2 Å². The Labute approximate surface area is 109 Å². The van der Waals surface area contributed by atoms with Crippen molar-refractivity contribution in [2.75, 3.05) is 13.9 Å². The van der Waals surface area contributed by atoms with E-state index in [1.165, 1.54) is 0 Å². The van der Waals surface area contributed by atoms with Crippen molar-refractivity contribution in [1.82, 2.24) is 0 Å². The molecular weight excluding hydrogens is 286 g/mol. The van der Waals surface area contributed by atoms with Crippen LogP contribution in [0.2, 0.25) is 0 Å². The Morgan fingerprint density at radius 2 is 2.18 bits per heavy atom. The van der Waals surface area contributed by atoms with E-state index in [0.29, 0.717) is 12.2 Å². The van der Waals surface area contributed by atoms with Gasteiger partial charge in [0.05, 0.1) is 7.11 Å². The Kier molecular flexibility index (Phi) is 3.23. The van der Waals surface area contributed by atoms with E-state index in [9.17, 15) is 0 Å². The van der Waals surface area contributed by atoms with Crippen LogP contribution in [0.1, 0.15) is 19.4 Å². The minimum Gasteiger partial charge on any atom is -0.495 e. The number of hydrogen-bond donors (Lipinski definition) is 1. The summed E-state index contributed by atoms with van der Waals surface area (Å²) >= 11 is 3.48. The van der Waals surface area contributed by atoms with Crippen LogP contribution in [-0.4, -0.2) is 19.4 Å². The number of ether oxygens (including phenoxy) is 3. The molecule has 0 aliphatic carbocycles. The fourth-order valence-electron chi connectivity index (χ4n) is 1.88. The summed E-state index contributed by atoms with van der Waals surface area (Å²) in [6.07, 6.45) is 0.700. The number of fused-ring (bicyclic) bond motifs is 1. The highest BCUT2D eigenvalue weighted by atomic mass is 79.9. The van der Waals surface area contributed by atoms with E-state index < -0.39 is 0 Å². The molecule has 0 unspecified atom stereocenters. The number of hydrogen-bond acceptors (Lipinski definition) is 4. The number of methoxy groups -OCH3 is 1. The average molecular weight is 302 g/mol. The van der Waals surface area contributed by atoms with Crippen LogP contribution >= 0.6 is 15.9 Å². The van der Waals surface area contributed by atoms with Crippen molar-refractivity contribution in [1.29, 1.82) is 0 Å². The molecule has 2 N–H and O–H groups in total. The van der Waals surface area contributed by atoms with Crippen LogP contribution in [-0.2, 0) is 6.42 Å². The maximum Gasteiger partial charge on any atom is 0.231 e. The van der Waals surface area contributed by atoms with Gasteiger partial charge in [0.2, 0.25) is 6.79 Å². The second-order valence-corrected chi connectivity index (χ2v) is 5.58. The molecule has 0 spiro atoms. The SMILES string of the molecule is COc1c(CC(C)(C)N)cc2c(c1Br)OCO2. The molecule has 94 valence electrons. The van der Waals surface area contributed by atoms with Crippen LogP contribution in [0, 0.1) is 0 Å². The van der Waals surface area contributed by atoms with Gasteiger partial charge in [-0.2, -0.15) is 0 Å². The molecular formula is C12H16BrNO3. The van der Waals surface area contributed by atoms with Gasteiger partial charge in [-0.25, -0.2) is 0 Å². The number of nitrogens with two attached hydrogens (primary N) is 1. The molecule has 0 atom stereocenters. The van der Waals surface area contributed by atoms with Crippen molar-refractivity contribution in [2.24, 2.45) is 5.73 Å². The summed E-state index contributed by atoms with van der Waals surface area (Å²) in [5.74, 6) is 2.19. The Balaban J connectivity index is 2.48. The maximum absolute atomic E-state index is 6.04. The van der Waals surface area contributed by atoms with Crippen molar-refractivity contribution in [2.45, 2.75) is 25.8 Å². The molecule has 1 aliphatic heterocycles. The number of halogens is 1. The fourth-order valence-corrected chi connectivity index (χ4v) is 2.60. The third-order valence-electron chi connectivity index (χ3n) is 2.49. The standard InChI is InChI=1S/C12H16BrNO3/c1-12(2,14)5-7-4-8-11(17-6-16-8)9(13)10(7)15-3/h4H,5-6,14H2,1-3H3. The second-order valence-electron chi connectivity index (χ2n) is 4.78. The van der Waals surface area contributed by atoms with Gasteiger partial charge in [0.25, 0.3) is 0 Å². The molecule has 17 heavy (non-hydrogen) atoms. The van der Waals surface area contributed by atoms with Crippen molar-refractivity contribution in [3.05, 3.63) is 16.1 Å².